The zero-order valence-corrected chi connectivity index (χ0v) is 7.34. The van der Waals surface area contributed by atoms with Crippen LogP contribution in [0.25, 0.3) is 0 Å². The van der Waals surface area contributed by atoms with Gasteiger partial charge in [0.2, 0.25) is 0 Å². The molecule has 0 aliphatic rings. The number of carbonyl (C=O) groups is 1. The molecular weight excluding hydrogens is 180 g/mol. The minimum Gasteiger partial charge on any atom is -0.545 e. The molecule has 1 aromatic rings. The maximum absolute atomic E-state index is 10.4. The van der Waals surface area contributed by atoms with E-state index in [0.717, 1.165) is 0 Å². The third-order valence-corrected chi connectivity index (χ3v) is 1.65. The van der Waals surface area contributed by atoms with Crippen LogP contribution in [0.15, 0.2) is 6.20 Å². The van der Waals surface area contributed by atoms with Crippen LogP contribution < -0.4 is 5.11 Å². The van der Waals surface area contributed by atoms with Crippen molar-refractivity contribution in [3.8, 4) is 0 Å². The van der Waals surface area contributed by atoms with Crippen LogP contribution in [-0.2, 0) is 6.54 Å². The summed E-state index contributed by atoms with van der Waals surface area (Å²) in [4.78, 5) is 10.4. The number of alkyl halides is 1. The molecule has 0 spiro atoms. The van der Waals surface area contributed by atoms with Crippen molar-refractivity contribution in [1.82, 2.24) is 9.78 Å². The second-order valence-electron chi connectivity index (χ2n) is 2.37. The Hall–Kier alpha value is -1.03. The Kier molecular flexibility index (Phi) is 2.70. The van der Waals surface area contributed by atoms with Gasteiger partial charge in [-0.3, -0.25) is 4.68 Å². The number of halogens is 1. The summed E-state index contributed by atoms with van der Waals surface area (Å²) in [5.74, 6) is -0.790. The minimum atomic E-state index is -1.20. The summed E-state index contributed by atoms with van der Waals surface area (Å²) in [6.07, 6.45) is 1.42. The molecule has 0 saturated carbocycles. The lowest BCUT2D eigenvalue weighted by molar-refractivity contribution is -0.255. The molecule has 0 N–H and O–H groups in total. The van der Waals surface area contributed by atoms with Crippen LogP contribution in [0.4, 0.5) is 0 Å². The monoisotopic (exact) mass is 187 g/mol. The van der Waals surface area contributed by atoms with Crippen LogP contribution in [0.2, 0.25) is 0 Å². The topological polar surface area (TPSA) is 58.0 Å². The molecule has 4 nitrogen and oxygen atoms in total. The molecule has 0 aliphatic heterocycles. The summed E-state index contributed by atoms with van der Waals surface area (Å²) >= 11 is 5.45. The lowest BCUT2D eigenvalue weighted by Gasteiger charge is -1.96. The van der Waals surface area contributed by atoms with Crippen molar-refractivity contribution in [3.05, 3.63) is 17.5 Å². The van der Waals surface area contributed by atoms with Crippen molar-refractivity contribution >= 4 is 17.6 Å². The number of hydrogen-bond donors (Lipinski definition) is 0. The van der Waals surface area contributed by atoms with Gasteiger partial charge >= 0.3 is 0 Å². The number of aryl methyl sites for hydroxylation is 2. The van der Waals surface area contributed by atoms with E-state index < -0.39 is 5.97 Å². The van der Waals surface area contributed by atoms with Gasteiger partial charge in [0.15, 0.2) is 0 Å². The fraction of sp³-hybridized carbons (Fsp3) is 0.429. The number of rotatable bonds is 3. The quantitative estimate of drug-likeness (QED) is 0.616. The van der Waals surface area contributed by atoms with Gasteiger partial charge in [0.25, 0.3) is 0 Å². The number of nitrogens with zero attached hydrogens (tertiary/aromatic N) is 2. The zero-order valence-electron chi connectivity index (χ0n) is 6.58. The smallest absolute Gasteiger partial charge is 0.0749 e. The third kappa shape index (κ3) is 1.76. The summed E-state index contributed by atoms with van der Waals surface area (Å²) in [5.41, 5.74) is 0.584. The Balaban J connectivity index is 2.92. The normalized spacial score (nSPS) is 10.2. The molecular formula is C7H8ClN2O2-. The molecule has 12 heavy (non-hydrogen) atoms. The highest BCUT2D eigenvalue weighted by molar-refractivity contribution is 6.17. The van der Waals surface area contributed by atoms with E-state index in [1.807, 2.05) is 0 Å². The summed E-state index contributed by atoms with van der Waals surface area (Å²) in [6, 6.07) is 0. The van der Waals surface area contributed by atoms with Gasteiger partial charge in [-0.05, 0) is 6.92 Å². The van der Waals surface area contributed by atoms with E-state index in [0.29, 0.717) is 18.1 Å². The second-order valence-corrected chi connectivity index (χ2v) is 2.75. The van der Waals surface area contributed by atoms with E-state index in [1.54, 1.807) is 6.92 Å². The first-order valence-corrected chi connectivity index (χ1v) is 4.00. The van der Waals surface area contributed by atoms with E-state index in [-0.39, 0.29) is 5.56 Å². The average Bonchev–Trinajstić information content (AvgIpc) is 2.32. The Labute approximate surface area is 74.8 Å². The predicted octanol–water partition coefficient (Wildman–Crippen LogP) is -0.206. The zero-order chi connectivity index (χ0) is 9.14. The molecule has 0 radical (unpaired) electrons. The number of aromatic nitrogens is 2. The molecule has 0 unspecified atom stereocenters. The summed E-state index contributed by atoms with van der Waals surface area (Å²) in [6.45, 7) is 2.13. The van der Waals surface area contributed by atoms with Crippen LogP contribution in [0.1, 0.15) is 16.1 Å². The first kappa shape index (κ1) is 9.06. The molecule has 0 amide bonds. The van der Waals surface area contributed by atoms with Gasteiger partial charge in [0, 0.05) is 17.6 Å². The van der Waals surface area contributed by atoms with Gasteiger partial charge in [-0.2, -0.15) is 5.10 Å². The first-order chi connectivity index (χ1) is 5.65. The van der Waals surface area contributed by atoms with Gasteiger partial charge in [0.1, 0.15) is 0 Å². The van der Waals surface area contributed by atoms with Crippen LogP contribution in [0.5, 0.6) is 0 Å². The number of carboxylic acid groups (broad SMARTS) is 1. The SMILES string of the molecule is Cc1nn(CCCl)cc1C(=O)[O-]. The van der Waals surface area contributed by atoms with Crippen LogP contribution in [-0.4, -0.2) is 21.6 Å². The number of aromatic carboxylic acids is 1. The highest BCUT2D eigenvalue weighted by atomic mass is 35.5. The van der Waals surface area contributed by atoms with E-state index in [2.05, 4.69) is 5.10 Å². The maximum Gasteiger partial charge on any atom is 0.0749 e. The van der Waals surface area contributed by atoms with Crippen LogP contribution in [0.3, 0.4) is 0 Å². The van der Waals surface area contributed by atoms with E-state index >= 15 is 0 Å². The molecule has 0 saturated heterocycles. The second kappa shape index (κ2) is 3.58. The van der Waals surface area contributed by atoms with E-state index in [9.17, 15) is 9.90 Å². The fourth-order valence-electron chi connectivity index (χ4n) is 0.919. The number of hydrogen-bond acceptors (Lipinski definition) is 3. The Morgan fingerprint density at radius 3 is 2.92 bits per heavy atom. The van der Waals surface area contributed by atoms with Gasteiger partial charge in [-0.1, -0.05) is 0 Å². The first-order valence-electron chi connectivity index (χ1n) is 3.46. The van der Waals surface area contributed by atoms with Gasteiger partial charge in [-0.25, -0.2) is 0 Å². The highest BCUT2D eigenvalue weighted by Gasteiger charge is 2.04. The largest absolute Gasteiger partial charge is 0.545 e. The predicted molar refractivity (Wildman–Crippen MR) is 42.0 cm³/mol. The minimum absolute atomic E-state index is 0.125. The average molecular weight is 188 g/mol. The molecule has 5 heteroatoms. The lowest BCUT2D eigenvalue weighted by Crippen LogP contribution is -2.22. The van der Waals surface area contributed by atoms with Crippen molar-refractivity contribution < 1.29 is 9.90 Å². The Morgan fingerprint density at radius 2 is 2.50 bits per heavy atom. The number of carboxylic acids is 1. The van der Waals surface area contributed by atoms with Crippen LogP contribution in [0, 0.1) is 6.92 Å². The molecule has 1 rings (SSSR count). The van der Waals surface area contributed by atoms with Crippen molar-refractivity contribution in [3.63, 3.8) is 0 Å². The maximum atomic E-state index is 10.4. The van der Waals surface area contributed by atoms with E-state index in [1.165, 1.54) is 10.9 Å². The molecule has 0 fully saturated rings. The van der Waals surface area contributed by atoms with Crippen molar-refractivity contribution in [2.75, 3.05) is 5.88 Å². The molecule has 1 aromatic heterocycles. The van der Waals surface area contributed by atoms with Crippen molar-refractivity contribution in [2.24, 2.45) is 0 Å². The summed E-state index contributed by atoms with van der Waals surface area (Å²) in [5, 5.41) is 14.4. The molecule has 66 valence electrons. The Morgan fingerprint density at radius 1 is 1.83 bits per heavy atom. The molecule has 0 aromatic carbocycles. The molecule has 1 heterocycles. The molecule has 0 atom stereocenters. The lowest BCUT2D eigenvalue weighted by atomic mass is 10.3. The molecule has 0 aliphatic carbocycles. The van der Waals surface area contributed by atoms with E-state index in [4.69, 9.17) is 11.6 Å². The highest BCUT2D eigenvalue weighted by Crippen LogP contribution is 2.03. The Bertz CT molecular complexity index is 296. The van der Waals surface area contributed by atoms with Crippen molar-refractivity contribution in [2.45, 2.75) is 13.5 Å². The van der Waals surface area contributed by atoms with Gasteiger partial charge < -0.3 is 9.90 Å². The van der Waals surface area contributed by atoms with Gasteiger partial charge in [0.05, 0.1) is 18.2 Å². The number of carbonyl (C=O) groups excluding carboxylic acids is 1. The van der Waals surface area contributed by atoms with Crippen LogP contribution >= 0.6 is 11.6 Å². The fourth-order valence-corrected chi connectivity index (χ4v) is 1.09. The summed E-state index contributed by atoms with van der Waals surface area (Å²) in [7, 11) is 0. The third-order valence-electron chi connectivity index (χ3n) is 1.48. The van der Waals surface area contributed by atoms with Gasteiger partial charge in [-0.15, -0.1) is 11.6 Å². The van der Waals surface area contributed by atoms with Crippen molar-refractivity contribution in [1.29, 1.82) is 0 Å². The standard InChI is InChI=1S/C7H9ClN2O2/c1-5-6(7(11)12)4-10(9-5)3-2-8/h4H,2-3H2,1H3,(H,11,12)/p-1. The summed E-state index contributed by atoms with van der Waals surface area (Å²) < 4.78 is 1.49. The molecule has 0 bridgehead atoms.